The maximum Gasteiger partial charge on any atom is 0.308 e. The number of cyclic esters (lactones) is 1. The first-order valence-corrected chi connectivity index (χ1v) is 20.9. The SMILES string of the molecule is CC[C@H]1OC(=O)C[C@@H](O)[C@H](C)[C@@H](O[C@@H]2O[C@H](C)[C@@H](O)C(N(C)C)C2O)[C@@H](CCNCCn2cc(-c3cnc4ccccc4c3)nn2)C[C@@H](C)C(=O)/C=C/C(C)=C/[C@@H]1CO. The van der Waals surface area contributed by atoms with Gasteiger partial charge < -0.3 is 44.9 Å². The van der Waals surface area contributed by atoms with Gasteiger partial charge in [0, 0.05) is 41.4 Å². The quantitative estimate of drug-likeness (QED) is 0.132. The number of aliphatic hydroxyl groups is 4. The van der Waals surface area contributed by atoms with E-state index in [2.05, 4.69) is 20.6 Å². The van der Waals surface area contributed by atoms with Crippen LogP contribution in [0.1, 0.15) is 60.3 Å². The number of rotatable bonds is 12. The number of carbonyl (C=O) groups is 2. The maximum atomic E-state index is 13.7. The molecular weight excluding hydrogens is 757 g/mol. The summed E-state index contributed by atoms with van der Waals surface area (Å²) in [6.45, 7) is 10.4. The lowest BCUT2D eigenvalue weighted by Gasteiger charge is -2.46. The standard InChI is InChI=1S/C44H64N6O9/c1-8-38-33(25-51)19-26(2)13-14-36(52)27(3)20-31(15-16-45-17-18-50-24-35(47-48-50)32-21-30-11-9-10-12-34(30)46-23-32)43(28(4)37(53)22-39(54)58-38)59-44-42(56)40(49(6)7)41(55)29(5)57-44/h9-14,19,21,23-24,27-29,31,33,37-38,40-45,51,53,55-56H,8,15-18,20,22,25H2,1-7H3/b14-13+,26-19+/t27-,28+,29-,31+,33-,37-,38-,40?,41-,42?,43-,44+/m1/s1. The van der Waals surface area contributed by atoms with Gasteiger partial charge in [0.15, 0.2) is 12.1 Å². The first-order chi connectivity index (χ1) is 28.2. The summed E-state index contributed by atoms with van der Waals surface area (Å²) >= 11 is 0. The van der Waals surface area contributed by atoms with E-state index in [4.69, 9.17) is 14.2 Å². The number of hydrogen-bond acceptors (Lipinski definition) is 14. The number of likely N-dealkylation sites (N-methyl/N-ethyl adjacent to an activating group) is 1. The fourth-order valence-electron chi connectivity index (χ4n) is 8.21. The molecule has 0 spiro atoms. The predicted molar refractivity (Wildman–Crippen MR) is 223 cm³/mol. The summed E-state index contributed by atoms with van der Waals surface area (Å²) in [5.74, 6) is -2.73. The lowest BCUT2D eigenvalue weighted by atomic mass is 9.79. The van der Waals surface area contributed by atoms with Crippen LogP contribution in [0.25, 0.3) is 22.2 Å². The van der Waals surface area contributed by atoms with E-state index < -0.39 is 72.7 Å². The molecule has 324 valence electrons. The van der Waals surface area contributed by atoms with Gasteiger partial charge in [0.1, 0.15) is 17.9 Å². The molecule has 2 aromatic heterocycles. The average Bonchev–Trinajstić information content (AvgIpc) is 3.69. The lowest BCUT2D eigenvalue weighted by molar-refractivity contribution is -0.304. The van der Waals surface area contributed by atoms with Gasteiger partial charge in [-0.1, -0.05) is 61.9 Å². The minimum Gasteiger partial charge on any atom is -0.462 e. The molecular formula is C44H64N6O9. The molecule has 5 rings (SSSR count). The first kappa shape index (κ1) is 46.1. The van der Waals surface area contributed by atoms with Gasteiger partial charge in [-0.25, -0.2) is 0 Å². The molecule has 0 saturated carbocycles. The summed E-state index contributed by atoms with van der Waals surface area (Å²) in [6.07, 6.45) is 2.90. The second-order valence-corrected chi connectivity index (χ2v) is 16.5. The van der Waals surface area contributed by atoms with Gasteiger partial charge in [-0.15, -0.1) is 5.10 Å². The summed E-state index contributed by atoms with van der Waals surface area (Å²) in [6, 6.07) is 9.23. The molecule has 1 fully saturated rings. The number of para-hydroxylation sites is 1. The van der Waals surface area contributed by atoms with Crippen molar-refractivity contribution >= 4 is 22.7 Å². The highest BCUT2D eigenvalue weighted by atomic mass is 16.7. The highest BCUT2D eigenvalue weighted by Gasteiger charge is 2.47. The van der Waals surface area contributed by atoms with Gasteiger partial charge in [0.25, 0.3) is 0 Å². The average molecular weight is 821 g/mol. The molecule has 4 heterocycles. The van der Waals surface area contributed by atoms with Crippen LogP contribution in [-0.2, 0) is 30.3 Å². The number of ketones is 1. The molecule has 12 atom stereocenters. The fourth-order valence-corrected chi connectivity index (χ4v) is 8.21. The number of nitrogens with one attached hydrogen (secondary N) is 1. The third-order valence-corrected chi connectivity index (χ3v) is 11.8. The number of carbonyl (C=O) groups excluding carboxylic acids is 2. The van der Waals surface area contributed by atoms with Gasteiger partial charge in [0.2, 0.25) is 0 Å². The van der Waals surface area contributed by atoms with Crippen LogP contribution in [0.2, 0.25) is 0 Å². The maximum absolute atomic E-state index is 13.7. The Labute approximate surface area is 347 Å². The molecule has 0 bridgehead atoms. The van der Waals surface area contributed by atoms with Gasteiger partial charge in [-0.3, -0.25) is 19.3 Å². The summed E-state index contributed by atoms with van der Waals surface area (Å²) < 4.78 is 20.4. The summed E-state index contributed by atoms with van der Waals surface area (Å²) in [7, 11) is 3.52. The number of aliphatic hydroxyl groups excluding tert-OH is 4. The van der Waals surface area contributed by atoms with Gasteiger partial charge in [-0.05, 0) is 77.9 Å². The molecule has 3 aromatic rings. The first-order valence-electron chi connectivity index (χ1n) is 20.9. The van der Waals surface area contributed by atoms with E-state index in [1.165, 1.54) is 6.08 Å². The zero-order chi connectivity index (χ0) is 42.8. The normalized spacial score (nSPS) is 33.1. The Morgan fingerprint density at radius 2 is 1.81 bits per heavy atom. The van der Waals surface area contributed by atoms with Crippen LogP contribution in [0, 0.1) is 23.7 Å². The molecule has 2 unspecified atom stereocenters. The highest BCUT2D eigenvalue weighted by Crippen LogP contribution is 2.34. The smallest absolute Gasteiger partial charge is 0.308 e. The Morgan fingerprint density at radius 1 is 1.05 bits per heavy atom. The molecule has 15 nitrogen and oxygen atoms in total. The third kappa shape index (κ3) is 12.1. The van der Waals surface area contributed by atoms with E-state index in [0.717, 1.165) is 22.0 Å². The number of hydrogen-bond donors (Lipinski definition) is 5. The third-order valence-electron chi connectivity index (χ3n) is 11.8. The van der Waals surface area contributed by atoms with Crippen LogP contribution in [-0.4, -0.2) is 140 Å². The molecule has 1 saturated heterocycles. The van der Waals surface area contributed by atoms with Crippen molar-refractivity contribution in [3.05, 3.63) is 66.5 Å². The Balaban J connectivity index is 1.37. The predicted octanol–water partition coefficient (Wildman–Crippen LogP) is 3.30. The second-order valence-electron chi connectivity index (χ2n) is 16.5. The van der Waals surface area contributed by atoms with Crippen molar-refractivity contribution in [3.8, 4) is 11.3 Å². The van der Waals surface area contributed by atoms with Crippen molar-refractivity contribution in [2.45, 2.75) is 116 Å². The van der Waals surface area contributed by atoms with Crippen LogP contribution in [0.4, 0.5) is 0 Å². The summed E-state index contributed by atoms with van der Waals surface area (Å²) in [5.41, 5.74) is 3.23. The number of esters is 1. The molecule has 0 radical (unpaired) electrons. The largest absolute Gasteiger partial charge is 0.462 e. The fraction of sp³-hybridized carbons (Fsp3) is 0.614. The molecule has 5 N–H and O–H groups in total. The minimum atomic E-state index is -1.25. The molecule has 0 amide bonds. The number of allylic oxidation sites excluding steroid dienone is 3. The number of nitrogens with zero attached hydrogens (tertiary/aromatic N) is 5. The van der Waals surface area contributed by atoms with Crippen molar-refractivity contribution in [1.29, 1.82) is 0 Å². The Hall–Kier alpha value is -3.93. The number of fused-ring (bicyclic) bond motifs is 1. The van der Waals surface area contributed by atoms with E-state index in [1.54, 1.807) is 55.9 Å². The van der Waals surface area contributed by atoms with Crippen molar-refractivity contribution in [2.24, 2.45) is 23.7 Å². The molecule has 2 aliphatic rings. The molecule has 2 aliphatic heterocycles. The van der Waals surface area contributed by atoms with Crippen LogP contribution in [0.5, 0.6) is 0 Å². The monoisotopic (exact) mass is 820 g/mol. The van der Waals surface area contributed by atoms with E-state index in [-0.39, 0.29) is 24.7 Å². The molecule has 1 aromatic carbocycles. The zero-order valence-electron chi connectivity index (χ0n) is 35.4. The highest BCUT2D eigenvalue weighted by molar-refractivity contribution is 5.91. The number of ether oxygens (including phenoxy) is 3. The number of aromatic nitrogens is 4. The van der Waals surface area contributed by atoms with Crippen LogP contribution in [0.15, 0.2) is 66.5 Å². The zero-order valence-corrected chi connectivity index (χ0v) is 35.4. The Morgan fingerprint density at radius 3 is 2.54 bits per heavy atom. The van der Waals surface area contributed by atoms with Crippen LogP contribution in [0.3, 0.4) is 0 Å². The van der Waals surface area contributed by atoms with Gasteiger partial charge >= 0.3 is 5.97 Å². The van der Waals surface area contributed by atoms with E-state index in [1.807, 2.05) is 57.3 Å². The Bertz CT molecular complexity index is 1890. The minimum absolute atomic E-state index is 0.101. The van der Waals surface area contributed by atoms with Crippen LogP contribution < -0.4 is 5.32 Å². The summed E-state index contributed by atoms with van der Waals surface area (Å²) in [4.78, 5) is 33.3. The summed E-state index contributed by atoms with van der Waals surface area (Å²) in [5, 5.41) is 57.5. The van der Waals surface area contributed by atoms with E-state index in [0.29, 0.717) is 44.6 Å². The molecule has 59 heavy (non-hydrogen) atoms. The van der Waals surface area contributed by atoms with E-state index >= 15 is 0 Å². The molecule has 0 aliphatic carbocycles. The van der Waals surface area contributed by atoms with Gasteiger partial charge in [0.05, 0.1) is 61.7 Å². The topological polar surface area (TPSA) is 202 Å². The van der Waals surface area contributed by atoms with E-state index in [9.17, 15) is 30.0 Å². The lowest BCUT2D eigenvalue weighted by Crippen LogP contribution is -2.63. The van der Waals surface area contributed by atoms with Crippen LogP contribution >= 0.6 is 0 Å². The van der Waals surface area contributed by atoms with Crippen molar-refractivity contribution in [3.63, 3.8) is 0 Å². The van der Waals surface area contributed by atoms with Gasteiger partial charge in [-0.2, -0.15) is 0 Å². The van der Waals surface area contributed by atoms with Crippen molar-refractivity contribution in [2.75, 3.05) is 33.8 Å². The number of pyridine rings is 1. The molecule has 15 heteroatoms. The Kier molecular flexibility index (Phi) is 16.9. The van der Waals surface area contributed by atoms with Crippen molar-refractivity contribution in [1.82, 2.24) is 30.2 Å². The van der Waals surface area contributed by atoms with Crippen molar-refractivity contribution < 1.29 is 44.2 Å². The number of benzene rings is 1. The second kappa shape index (κ2) is 21.5.